The number of benzene rings is 1. The zero-order valence-corrected chi connectivity index (χ0v) is 11.7. The van der Waals surface area contributed by atoms with Crippen LogP contribution < -0.4 is 5.32 Å². The minimum Gasteiger partial charge on any atom is -0.310 e. The van der Waals surface area contributed by atoms with Crippen LogP contribution >= 0.6 is 0 Å². The quantitative estimate of drug-likeness (QED) is 0.820. The van der Waals surface area contributed by atoms with Gasteiger partial charge in [-0.2, -0.15) is 0 Å². The molecular formula is C15H23F2N. The highest BCUT2D eigenvalue weighted by atomic mass is 19.1. The van der Waals surface area contributed by atoms with Crippen LogP contribution in [0.15, 0.2) is 18.2 Å². The van der Waals surface area contributed by atoms with E-state index in [4.69, 9.17) is 0 Å². The van der Waals surface area contributed by atoms with Crippen LogP contribution in [0.25, 0.3) is 0 Å². The van der Waals surface area contributed by atoms with Crippen molar-refractivity contribution in [1.82, 2.24) is 5.32 Å². The maximum Gasteiger partial charge on any atom is 0.130 e. The highest BCUT2D eigenvalue weighted by molar-refractivity contribution is 5.22. The molecule has 1 aromatic carbocycles. The summed E-state index contributed by atoms with van der Waals surface area (Å²) in [6.45, 7) is 9.26. The topological polar surface area (TPSA) is 12.0 Å². The lowest BCUT2D eigenvalue weighted by molar-refractivity contribution is 0.307. The van der Waals surface area contributed by atoms with E-state index in [2.05, 4.69) is 33.0 Å². The summed E-state index contributed by atoms with van der Waals surface area (Å²) in [6, 6.07) is 3.76. The van der Waals surface area contributed by atoms with Crippen molar-refractivity contribution in [1.29, 1.82) is 0 Å². The van der Waals surface area contributed by atoms with E-state index < -0.39 is 11.6 Å². The van der Waals surface area contributed by atoms with Crippen molar-refractivity contribution in [3.8, 4) is 0 Å². The van der Waals surface area contributed by atoms with Crippen molar-refractivity contribution in [3.05, 3.63) is 35.4 Å². The molecule has 0 aliphatic rings. The fourth-order valence-electron chi connectivity index (χ4n) is 2.01. The SMILES string of the molecule is CCCNC(CC(C)(C)C)c1ccc(F)cc1F. The summed E-state index contributed by atoms with van der Waals surface area (Å²) < 4.78 is 26.8. The molecule has 102 valence electrons. The average Bonchev–Trinajstić information content (AvgIpc) is 2.23. The number of hydrogen-bond donors (Lipinski definition) is 1. The molecule has 1 unspecified atom stereocenters. The summed E-state index contributed by atoms with van der Waals surface area (Å²) in [7, 11) is 0. The first-order chi connectivity index (χ1) is 8.33. The minimum absolute atomic E-state index is 0.0643. The van der Waals surface area contributed by atoms with Gasteiger partial charge in [0.05, 0.1) is 0 Å². The first-order valence-corrected chi connectivity index (χ1v) is 6.52. The highest BCUT2D eigenvalue weighted by Gasteiger charge is 2.22. The number of halogens is 2. The lowest BCUT2D eigenvalue weighted by Crippen LogP contribution is -2.27. The molecule has 0 aromatic heterocycles. The summed E-state index contributed by atoms with van der Waals surface area (Å²) >= 11 is 0. The predicted molar refractivity (Wildman–Crippen MR) is 71.5 cm³/mol. The minimum atomic E-state index is -0.527. The summed E-state index contributed by atoms with van der Waals surface area (Å²) in [4.78, 5) is 0. The molecule has 0 bridgehead atoms. The molecule has 0 radical (unpaired) electrons. The van der Waals surface area contributed by atoms with Crippen molar-refractivity contribution in [2.24, 2.45) is 5.41 Å². The van der Waals surface area contributed by atoms with E-state index in [-0.39, 0.29) is 11.5 Å². The molecular weight excluding hydrogens is 232 g/mol. The molecule has 0 amide bonds. The van der Waals surface area contributed by atoms with Crippen LogP contribution in [0.1, 0.15) is 52.1 Å². The Labute approximate surface area is 109 Å². The molecule has 1 rings (SSSR count). The Kier molecular flexibility index (Phi) is 5.27. The fraction of sp³-hybridized carbons (Fsp3) is 0.600. The third-order valence-electron chi connectivity index (χ3n) is 2.80. The Morgan fingerprint density at radius 3 is 2.39 bits per heavy atom. The highest BCUT2D eigenvalue weighted by Crippen LogP contribution is 2.30. The van der Waals surface area contributed by atoms with Crippen LogP contribution in [0.4, 0.5) is 8.78 Å². The molecule has 1 atom stereocenters. The summed E-state index contributed by atoms with van der Waals surface area (Å²) in [6.07, 6.45) is 1.80. The van der Waals surface area contributed by atoms with Gasteiger partial charge in [0.2, 0.25) is 0 Å². The van der Waals surface area contributed by atoms with Crippen LogP contribution in [0.5, 0.6) is 0 Å². The zero-order chi connectivity index (χ0) is 13.8. The van der Waals surface area contributed by atoms with Crippen LogP contribution in [0.3, 0.4) is 0 Å². The lowest BCUT2D eigenvalue weighted by Gasteiger charge is -2.27. The van der Waals surface area contributed by atoms with E-state index in [0.29, 0.717) is 5.56 Å². The standard InChI is InChI=1S/C15H23F2N/c1-5-8-18-14(10-15(2,3)4)12-7-6-11(16)9-13(12)17/h6-7,9,14,18H,5,8,10H2,1-4H3. The zero-order valence-electron chi connectivity index (χ0n) is 11.7. The number of hydrogen-bond acceptors (Lipinski definition) is 1. The molecule has 0 spiro atoms. The Bertz CT molecular complexity index is 383. The van der Waals surface area contributed by atoms with E-state index >= 15 is 0 Å². The number of rotatable bonds is 5. The molecule has 1 N–H and O–H groups in total. The van der Waals surface area contributed by atoms with Gasteiger partial charge in [-0.3, -0.25) is 0 Å². The average molecular weight is 255 g/mol. The van der Waals surface area contributed by atoms with Gasteiger partial charge in [-0.25, -0.2) is 8.78 Å². The van der Waals surface area contributed by atoms with Crippen molar-refractivity contribution in [2.75, 3.05) is 6.54 Å². The Morgan fingerprint density at radius 1 is 1.22 bits per heavy atom. The van der Waals surface area contributed by atoms with E-state index in [1.165, 1.54) is 6.07 Å². The Balaban J connectivity index is 2.93. The van der Waals surface area contributed by atoms with Gasteiger partial charge in [0.1, 0.15) is 11.6 Å². The first-order valence-electron chi connectivity index (χ1n) is 6.52. The molecule has 18 heavy (non-hydrogen) atoms. The second kappa shape index (κ2) is 6.28. The van der Waals surface area contributed by atoms with Crippen molar-refractivity contribution in [2.45, 2.75) is 46.6 Å². The van der Waals surface area contributed by atoms with Crippen LogP contribution in [0, 0.1) is 17.0 Å². The Morgan fingerprint density at radius 2 is 1.89 bits per heavy atom. The third kappa shape index (κ3) is 4.73. The second-order valence-corrected chi connectivity index (χ2v) is 5.94. The van der Waals surface area contributed by atoms with Gasteiger partial charge in [-0.05, 0) is 30.9 Å². The molecule has 0 aliphatic carbocycles. The van der Waals surface area contributed by atoms with Crippen molar-refractivity contribution in [3.63, 3.8) is 0 Å². The van der Waals surface area contributed by atoms with Gasteiger partial charge in [0, 0.05) is 17.7 Å². The molecule has 1 nitrogen and oxygen atoms in total. The van der Waals surface area contributed by atoms with Gasteiger partial charge in [-0.1, -0.05) is 33.8 Å². The fourth-order valence-corrected chi connectivity index (χ4v) is 2.01. The summed E-state index contributed by atoms with van der Waals surface area (Å²) in [5, 5.41) is 3.34. The van der Waals surface area contributed by atoms with E-state index in [1.54, 1.807) is 6.07 Å². The van der Waals surface area contributed by atoms with E-state index in [1.807, 2.05) is 0 Å². The largest absolute Gasteiger partial charge is 0.310 e. The number of nitrogens with one attached hydrogen (secondary N) is 1. The predicted octanol–water partition coefficient (Wildman–Crippen LogP) is 4.44. The monoisotopic (exact) mass is 255 g/mol. The molecule has 0 saturated carbocycles. The van der Waals surface area contributed by atoms with Crippen LogP contribution in [0.2, 0.25) is 0 Å². The molecule has 0 saturated heterocycles. The molecule has 3 heteroatoms. The van der Waals surface area contributed by atoms with Gasteiger partial charge in [0.15, 0.2) is 0 Å². The van der Waals surface area contributed by atoms with Crippen LogP contribution in [-0.4, -0.2) is 6.54 Å². The Hall–Kier alpha value is -0.960. The maximum atomic E-state index is 13.8. The third-order valence-corrected chi connectivity index (χ3v) is 2.80. The van der Waals surface area contributed by atoms with E-state index in [9.17, 15) is 8.78 Å². The smallest absolute Gasteiger partial charge is 0.130 e. The molecule has 0 fully saturated rings. The first kappa shape index (κ1) is 15.1. The normalized spacial score (nSPS) is 13.7. The van der Waals surface area contributed by atoms with Gasteiger partial charge in [-0.15, -0.1) is 0 Å². The molecule has 0 aliphatic heterocycles. The molecule has 0 heterocycles. The summed E-state index contributed by atoms with van der Waals surface area (Å²) in [5.74, 6) is -0.992. The second-order valence-electron chi connectivity index (χ2n) is 5.94. The summed E-state index contributed by atoms with van der Waals surface area (Å²) in [5.41, 5.74) is 0.645. The van der Waals surface area contributed by atoms with Gasteiger partial charge < -0.3 is 5.32 Å². The maximum absolute atomic E-state index is 13.8. The molecule has 1 aromatic rings. The van der Waals surface area contributed by atoms with Gasteiger partial charge in [0.25, 0.3) is 0 Å². The van der Waals surface area contributed by atoms with E-state index in [0.717, 1.165) is 25.5 Å². The lowest BCUT2D eigenvalue weighted by atomic mass is 9.85. The van der Waals surface area contributed by atoms with Crippen molar-refractivity contribution >= 4 is 0 Å². The van der Waals surface area contributed by atoms with Gasteiger partial charge >= 0.3 is 0 Å². The van der Waals surface area contributed by atoms with Crippen LogP contribution in [-0.2, 0) is 0 Å². The van der Waals surface area contributed by atoms with Crippen molar-refractivity contribution < 1.29 is 8.78 Å².